The lowest BCUT2D eigenvalue weighted by Gasteiger charge is -2.59. The monoisotopic (exact) mass is 386 g/mol. The zero-order valence-corrected chi connectivity index (χ0v) is 18.5. The van der Waals surface area contributed by atoms with Crippen molar-refractivity contribution in [3.8, 4) is 0 Å². The summed E-state index contributed by atoms with van der Waals surface area (Å²) in [6, 6.07) is 11.2. The lowest BCUT2D eigenvalue weighted by Crippen LogP contribution is -2.54. The Hall–Kier alpha value is -0.445. The summed E-state index contributed by atoms with van der Waals surface area (Å²) in [6.45, 7) is 11.1. The Kier molecular flexibility index (Phi) is 5.23. The Morgan fingerprint density at radius 1 is 1.00 bits per heavy atom. The predicted octanol–water partition coefficient (Wildman–Crippen LogP) is 6.18. The maximum Gasteiger partial charge on any atom is 0.464 e. The minimum Gasteiger partial charge on any atom is -0.403 e. The molecule has 4 rings (SSSR count). The summed E-state index contributed by atoms with van der Waals surface area (Å²) in [5.41, 5.74) is 1.02. The fourth-order valence-electron chi connectivity index (χ4n) is 5.69. The lowest BCUT2D eigenvalue weighted by molar-refractivity contribution is 0.00578. The molecule has 0 spiro atoms. The standard InChI is InChI=1S/C23H35BO2S/c1-6-23(24-25-21(2,3)22(4,5)26-24)16-19(17-10-8-7-9-11-17)20(23)18-12-14-27-15-13-18/h7-11,18-20H,6,12-16H2,1-5H3. The molecule has 1 aromatic rings. The van der Waals surface area contributed by atoms with Gasteiger partial charge in [-0.25, -0.2) is 0 Å². The van der Waals surface area contributed by atoms with Gasteiger partial charge in [-0.15, -0.1) is 0 Å². The van der Waals surface area contributed by atoms with Crippen molar-refractivity contribution in [2.45, 2.75) is 82.7 Å². The van der Waals surface area contributed by atoms with E-state index in [9.17, 15) is 0 Å². The molecule has 148 valence electrons. The van der Waals surface area contributed by atoms with Crippen LogP contribution in [0, 0.1) is 11.8 Å². The van der Waals surface area contributed by atoms with Crippen LogP contribution in [0.25, 0.3) is 0 Å². The van der Waals surface area contributed by atoms with Crippen LogP contribution >= 0.6 is 11.8 Å². The van der Waals surface area contributed by atoms with Gasteiger partial charge in [0.05, 0.1) is 11.2 Å². The van der Waals surface area contributed by atoms with Gasteiger partial charge in [0, 0.05) is 5.31 Å². The summed E-state index contributed by atoms with van der Waals surface area (Å²) >= 11 is 2.12. The van der Waals surface area contributed by atoms with Crippen LogP contribution in [0.2, 0.25) is 5.31 Å². The number of rotatable bonds is 4. The normalized spacial score (nSPS) is 35.8. The van der Waals surface area contributed by atoms with E-state index >= 15 is 0 Å². The Balaban J connectivity index is 1.67. The van der Waals surface area contributed by atoms with Crippen molar-refractivity contribution in [1.29, 1.82) is 0 Å². The SMILES string of the molecule is CCC1(B2OC(C)(C)C(C)(C)O2)CC(c2ccccc2)C1C1CCSCC1. The van der Waals surface area contributed by atoms with Crippen LogP contribution in [0.5, 0.6) is 0 Å². The van der Waals surface area contributed by atoms with Crippen LogP contribution < -0.4 is 0 Å². The molecule has 3 fully saturated rings. The molecule has 3 unspecified atom stereocenters. The molecule has 0 bridgehead atoms. The number of benzene rings is 1. The highest BCUT2D eigenvalue weighted by atomic mass is 32.2. The average Bonchev–Trinajstić information content (AvgIpc) is 2.84. The number of hydrogen-bond acceptors (Lipinski definition) is 3. The van der Waals surface area contributed by atoms with Gasteiger partial charge in [0.2, 0.25) is 0 Å². The predicted molar refractivity (Wildman–Crippen MR) is 116 cm³/mol. The van der Waals surface area contributed by atoms with Crippen molar-refractivity contribution in [2.75, 3.05) is 11.5 Å². The first-order valence-electron chi connectivity index (χ1n) is 10.8. The average molecular weight is 386 g/mol. The third-order valence-corrected chi connectivity index (χ3v) is 9.13. The van der Waals surface area contributed by atoms with Crippen LogP contribution in [0.15, 0.2) is 30.3 Å². The van der Waals surface area contributed by atoms with Gasteiger partial charge in [-0.3, -0.25) is 0 Å². The van der Waals surface area contributed by atoms with Gasteiger partial charge in [0.1, 0.15) is 0 Å². The van der Waals surface area contributed by atoms with Crippen LogP contribution in [0.4, 0.5) is 0 Å². The van der Waals surface area contributed by atoms with Gasteiger partial charge in [-0.2, -0.15) is 11.8 Å². The molecule has 0 N–H and O–H groups in total. The maximum atomic E-state index is 6.64. The van der Waals surface area contributed by atoms with Crippen LogP contribution in [0.3, 0.4) is 0 Å². The summed E-state index contributed by atoms with van der Waals surface area (Å²) in [4.78, 5) is 0. The Morgan fingerprint density at radius 3 is 2.15 bits per heavy atom. The number of thioether (sulfide) groups is 1. The summed E-state index contributed by atoms with van der Waals surface area (Å²) in [6.07, 6.45) is 5.03. The minimum atomic E-state index is -0.245. The molecule has 1 aliphatic carbocycles. The van der Waals surface area contributed by atoms with E-state index in [4.69, 9.17) is 9.31 Å². The van der Waals surface area contributed by atoms with E-state index in [-0.39, 0.29) is 23.6 Å². The zero-order valence-electron chi connectivity index (χ0n) is 17.7. The minimum absolute atomic E-state index is 0.0768. The molecule has 27 heavy (non-hydrogen) atoms. The van der Waals surface area contributed by atoms with E-state index in [1.54, 1.807) is 0 Å². The maximum absolute atomic E-state index is 6.64. The van der Waals surface area contributed by atoms with Gasteiger partial charge >= 0.3 is 7.12 Å². The van der Waals surface area contributed by atoms with Crippen molar-refractivity contribution in [3.05, 3.63) is 35.9 Å². The van der Waals surface area contributed by atoms with E-state index in [2.05, 4.69) is 76.7 Å². The largest absolute Gasteiger partial charge is 0.464 e. The molecular formula is C23H35BO2S. The molecular weight excluding hydrogens is 351 g/mol. The van der Waals surface area contributed by atoms with Crippen LogP contribution in [-0.4, -0.2) is 29.8 Å². The third kappa shape index (κ3) is 3.20. The highest BCUT2D eigenvalue weighted by Crippen LogP contribution is 2.70. The Bertz CT molecular complexity index is 640. The van der Waals surface area contributed by atoms with Crippen molar-refractivity contribution in [2.24, 2.45) is 11.8 Å². The molecule has 3 aliphatic rings. The smallest absolute Gasteiger partial charge is 0.403 e. The van der Waals surface area contributed by atoms with Crippen molar-refractivity contribution < 1.29 is 9.31 Å². The van der Waals surface area contributed by atoms with Crippen LogP contribution in [-0.2, 0) is 9.31 Å². The van der Waals surface area contributed by atoms with Crippen molar-refractivity contribution in [1.82, 2.24) is 0 Å². The zero-order chi connectivity index (χ0) is 19.3. The van der Waals surface area contributed by atoms with E-state index in [1.165, 1.54) is 36.3 Å². The second-order valence-corrected chi connectivity index (χ2v) is 11.1. The van der Waals surface area contributed by atoms with Gasteiger partial charge in [-0.05, 0) is 81.8 Å². The van der Waals surface area contributed by atoms with Gasteiger partial charge in [-0.1, -0.05) is 43.7 Å². The molecule has 1 saturated carbocycles. The Labute approximate surface area is 170 Å². The van der Waals surface area contributed by atoms with Gasteiger partial charge in [0.15, 0.2) is 0 Å². The van der Waals surface area contributed by atoms with E-state index < -0.39 is 0 Å². The van der Waals surface area contributed by atoms with Gasteiger partial charge < -0.3 is 9.31 Å². The molecule has 2 aliphatic heterocycles. The Morgan fingerprint density at radius 2 is 1.59 bits per heavy atom. The number of hydrogen-bond donors (Lipinski definition) is 0. The van der Waals surface area contributed by atoms with E-state index in [0.29, 0.717) is 11.8 Å². The fourth-order valence-corrected chi connectivity index (χ4v) is 6.83. The highest BCUT2D eigenvalue weighted by Gasteiger charge is 2.68. The van der Waals surface area contributed by atoms with Crippen LogP contribution in [0.1, 0.15) is 71.8 Å². The molecule has 2 nitrogen and oxygen atoms in total. The first kappa shape index (κ1) is 19.9. The topological polar surface area (TPSA) is 18.5 Å². The summed E-state index contributed by atoms with van der Waals surface area (Å²) < 4.78 is 13.3. The second kappa shape index (κ2) is 7.11. The summed E-state index contributed by atoms with van der Waals surface area (Å²) in [5, 5.41) is 0.151. The second-order valence-electron chi connectivity index (χ2n) is 9.87. The molecule has 0 radical (unpaired) electrons. The molecule has 1 aromatic carbocycles. The summed E-state index contributed by atoms with van der Waals surface area (Å²) in [7, 11) is -0.0768. The fraction of sp³-hybridized carbons (Fsp3) is 0.739. The molecule has 3 atom stereocenters. The highest BCUT2D eigenvalue weighted by molar-refractivity contribution is 7.99. The molecule has 0 aromatic heterocycles. The van der Waals surface area contributed by atoms with Gasteiger partial charge in [0.25, 0.3) is 0 Å². The first-order chi connectivity index (χ1) is 12.8. The summed E-state index contributed by atoms with van der Waals surface area (Å²) in [5.74, 6) is 4.74. The quantitative estimate of drug-likeness (QED) is 0.576. The molecule has 2 heterocycles. The van der Waals surface area contributed by atoms with Crippen molar-refractivity contribution in [3.63, 3.8) is 0 Å². The van der Waals surface area contributed by atoms with E-state index in [0.717, 1.165) is 12.3 Å². The van der Waals surface area contributed by atoms with E-state index in [1.807, 2.05) is 0 Å². The van der Waals surface area contributed by atoms with Crippen molar-refractivity contribution >= 4 is 18.9 Å². The lowest BCUT2D eigenvalue weighted by atomic mass is 9.34. The molecule has 0 amide bonds. The molecule has 2 saturated heterocycles. The molecule has 4 heteroatoms. The third-order valence-electron chi connectivity index (χ3n) is 8.08. The first-order valence-corrected chi connectivity index (χ1v) is 11.9.